The van der Waals surface area contributed by atoms with E-state index in [1.807, 2.05) is 0 Å². The number of sulfonamides is 1. The third-order valence-corrected chi connectivity index (χ3v) is 4.88. The zero-order valence-electron chi connectivity index (χ0n) is 13.1. The molecule has 0 bridgehead atoms. The van der Waals surface area contributed by atoms with Crippen molar-refractivity contribution < 1.29 is 31.1 Å². The van der Waals surface area contributed by atoms with Crippen LogP contribution in [-0.2, 0) is 16.2 Å². The Labute approximate surface area is 155 Å². The molecule has 0 fully saturated rings. The van der Waals surface area contributed by atoms with Gasteiger partial charge in [0.2, 0.25) is 10.0 Å². The highest BCUT2D eigenvalue weighted by Gasteiger charge is 2.33. The van der Waals surface area contributed by atoms with Gasteiger partial charge >= 0.3 is 6.18 Å². The third kappa shape index (κ3) is 4.54. The number of ether oxygens (including phenoxy) is 1. The predicted octanol–water partition coefficient (Wildman–Crippen LogP) is 3.38. The maximum absolute atomic E-state index is 12.9. The van der Waals surface area contributed by atoms with Crippen LogP contribution in [0.4, 0.5) is 18.9 Å². The van der Waals surface area contributed by atoms with E-state index in [4.69, 9.17) is 9.88 Å². The lowest BCUT2D eigenvalue weighted by Gasteiger charge is -2.13. The van der Waals surface area contributed by atoms with Crippen molar-refractivity contribution in [3.63, 3.8) is 0 Å². The van der Waals surface area contributed by atoms with Crippen LogP contribution in [0.2, 0.25) is 0 Å². The molecule has 0 saturated heterocycles. The summed E-state index contributed by atoms with van der Waals surface area (Å²) < 4.78 is 66.5. The molecule has 2 rings (SSSR count). The predicted molar refractivity (Wildman–Crippen MR) is 91.5 cm³/mol. The second-order valence-corrected chi connectivity index (χ2v) is 7.47. The first kappa shape index (κ1) is 20.2. The molecule has 1 amide bonds. The van der Waals surface area contributed by atoms with Crippen LogP contribution in [-0.4, -0.2) is 21.4 Å². The number of nitrogens with two attached hydrogens (primary N) is 1. The number of rotatable bonds is 4. The summed E-state index contributed by atoms with van der Waals surface area (Å²) in [5, 5.41) is 7.30. The van der Waals surface area contributed by atoms with Gasteiger partial charge in [-0.15, -0.1) is 0 Å². The zero-order chi connectivity index (χ0) is 19.7. The van der Waals surface area contributed by atoms with Crippen LogP contribution in [0.5, 0.6) is 5.75 Å². The van der Waals surface area contributed by atoms with Crippen LogP contribution in [0.1, 0.15) is 15.9 Å². The standard InChI is InChI=1S/C15H12BrF3N2O4S/c1-25-13-5-3-9(26(20,23)24)7-10(13)14(22)21-8-2-4-12(16)11(6-8)15(17,18)19/h2-7H,1H3,(H,21,22)(H2,20,23,24). The van der Waals surface area contributed by atoms with Gasteiger partial charge in [0.05, 0.1) is 23.1 Å². The largest absolute Gasteiger partial charge is 0.496 e. The van der Waals surface area contributed by atoms with E-state index in [0.29, 0.717) is 0 Å². The molecule has 0 spiro atoms. The van der Waals surface area contributed by atoms with Gasteiger partial charge in [0.1, 0.15) is 5.75 Å². The SMILES string of the molecule is COc1ccc(S(N)(=O)=O)cc1C(=O)Nc1ccc(Br)c(C(F)(F)F)c1. The second kappa shape index (κ2) is 7.25. The molecular weight excluding hydrogens is 441 g/mol. The van der Waals surface area contributed by atoms with Gasteiger partial charge in [0.25, 0.3) is 5.91 Å². The molecule has 3 N–H and O–H groups in total. The van der Waals surface area contributed by atoms with Crippen LogP contribution < -0.4 is 15.2 Å². The number of hydrogen-bond donors (Lipinski definition) is 2. The van der Waals surface area contributed by atoms with Gasteiger partial charge < -0.3 is 10.1 Å². The number of primary sulfonamides is 1. The lowest BCUT2D eigenvalue weighted by atomic mass is 10.1. The molecule has 0 atom stereocenters. The second-order valence-electron chi connectivity index (χ2n) is 5.05. The molecule has 6 nitrogen and oxygen atoms in total. The van der Waals surface area contributed by atoms with Crippen molar-refractivity contribution in [1.29, 1.82) is 0 Å². The number of anilines is 1. The summed E-state index contributed by atoms with van der Waals surface area (Å²) in [6, 6.07) is 6.48. The summed E-state index contributed by atoms with van der Waals surface area (Å²) in [6.07, 6.45) is -4.62. The maximum Gasteiger partial charge on any atom is 0.417 e. The number of alkyl halides is 3. The molecule has 0 unspecified atom stereocenters. The lowest BCUT2D eigenvalue weighted by molar-refractivity contribution is -0.138. The van der Waals surface area contributed by atoms with Gasteiger partial charge in [0, 0.05) is 10.2 Å². The first-order valence-corrected chi connectivity index (χ1v) is 9.16. The van der Waals surface area contributed by atoms with E-state index >= 15 is 0 Å². The van der Waals surface area contributed by atoms with Gasteiger partial charge in [-0.3, -0.25) is 4.79 Å². The Kier molecular flexibility index (Phi) is 5.64. The van der Waals surface area contributed by atoms with Crippen molar-refractivity contribution in [1.82, 2.24) is 0 Å². The smallest absolute Gasteiger partial charge is 0.417 e. The average Bonchev–Trinajstić information content (AvgIpc) is 2.54. The van der Waals surface area contributed by atoms with Gasteiger partial charge in [-0.25, -0.2) is 13.6 Å². The first-order chi connectivity index (χ1) is 11.9. The summed E-state index contributed by atoms with van der Waals surface area (Å²) in [7, 11) is -2.82. The number of nitrogens with one attached hydrogen (secondary N) is 1. The Morgan fingerprint density at radius 3 is 2.38 bits per heavy atom. The number of benzene rings is 2. The summed E-state index contributed by atoms with van der Waals surface area (Å²) in [5.74, 6) is -0.828. The summed E-state index contributed by atoms with van der Waals surface area (Å²) in [5.41, 5.74) is -1.30. The molecule has 11 heteroatoms. The minimum atomic E-state index is -4.62. The van der Waals surface area contributed by atoms with Crippen LogP contribution in [0, 0.1) is 0 Å². The van der Waals surface area contributed by atoms with Gasteiger partial charge in [-0.2, -0.15) is 13.2 Å². The summed E-state index contributed by atoms with van der Waals surface area (Å²) in [4.78, 5) is 12.1. The fraction of sp³-hybridized carbons (Fsp3) is 0.133. The first-order valence-electron chi connectivity index (χ1n) is 6.82. The van der Waals surface area contributed by atoms with Crippen molar-refractivity contribution >= 4 is 37.5 Å². The quantitative estimate of drug-likeness (QED) is 0.742. The number of carbonyl (C=O) groups excluding carboxylic acids is 1. The van der Waals surface area contributed by atoms with E-state index in [1.165, 1.54) is 19.2 Å². The Morgan fingerprint density at radius 1 is 1.19 bits per heavy atom. The molecule has 0 aliphatic heterocycles. The van der Waals surface area contributed by atoms with E-state index in [0.717, 1.165) is 24.3 Å². The highest BCUT2D eigenvalue weighted by molar-refractivity contribution is 9.10. The topological polar surface area (TPSA) is 98.5 Å². The molecule has 0 aromatic heterocycles. The van der Waals surface area contributed by atoms with Crippen LogP contribution >= 0.6 is 15.9 Å². The fourth-order valence-electron chi connectivity index (χ4n) is 2.06. The van der Waals surface area contributed by atoms with Crippen molar-refractivity contribution in [3.8, 4) is 5.75 Å². The summed E-state index contributed by atoms with van der Waals surface area (Å²) >= 11 is 2.80. The number of hydrogen-bond acceptors (Lipinski definition) is 4. The maximum atomic E-state index is 12.9. The average molecular weight is 453 g/mol. The molecule has 140 valence electrons. The van der Waals surface area contributed by atoms with E-state index < -0.39 is 27.7 Å². The lowest BCUT2D eigenvalue weighted by Crippen LogP contribution is -2.17. The highest BCUT2D eigenvalue weighted by atomic mass is 79.9. The number of carbonyl (C=O) groups is 1. The monoisotopic (exact) mass is 452 g/mol. The fourth-order valence-corrected chi connectivity index (χ4v) is 3.07. The van der Waals surface area contributed by atoms with Crippen molar-refractivity contribution in [2.45, 2.75) is 11.1 Å². The van der Waals surface area contributed by atoms with Crippen LogP contribution in [0.3, 0.4) is 0 Å². The van der Waals surface area contributed by atoms with Crippen molar-refractivity contribution in [2.75, 3.05) is 12.4 Å². The normalized spacial score (nSPS) is 11.9. The Hall–Kier alpha value is -2.11. The van der Waals surface area contributed by atoms with Crippen LogP contribution in [0.15, 0.2) is 45.8 Å². The molecule has 0 aliphatic carbocycles. The van der Waals surface area contributed by atoms with Gasteiger partial charge in [-0.05, 0) is 36.4 Å². The number of methoxy groups -OCH3 is 1. The molecule has 2 aromatic rings. The molecule has 0 aliphatic rings. The third-order valence-electron chi connectivity index (χ3n) is 3.27. The van der Waals surface area contributed by atoms with E-state index in [9.17, 15) is 26.4 Å². The zero-order valence-corrected chi connectivity index (χ0v) is 15.5. The number of halogens is 4. The highest BCUT2D eigenvalue weighted by Crippen LogP contribution is 2.36. The Bertz CT molecular complexity index is 962. The van der Waals surface area contributed by atoms with E-state index in [-0.39, 0.29) is 26.4 Å². The molecule has 26 heavy (non-hydrogen) atoms. The van der Waals surface area contributed by atoms with Crippen molar-refractivity contribution in [3.05, 3.63) is 52.0 Å². The molecule has 2 aromatic carbocycles. The Morgan fingerprint density at radius 2 is 1.85 bits per heavy atom. The molecular formula is C15H12BrF3N2O4S. The molecule has 0 radical (unpaired) electrons. The van der Waals surface area contributed by atoms with Gasteiger partial charge in [-0.1, -0.05) is 15.9 Å². The summed E-state index contributed by atoms with van der Waals surface area (Å²) in [6.45, 7) is 0. The van der Waals surface area contributed by atoms with E-state index in [2.05, 4.69) is 21.2 Å². The Balaban J connectivity index is 2.42. The number of amides is 1. The van der Waals surface area contributed by atoms with E-state index in [1.54, 1.807) is 0 Å². The van der Waals surface area contributed by atoms with Crippen LogP contribution in [0.25, 0.3) is 0 Å². The molecule has 0 heterocycles. The minimum absolute atomic E-state index is 0.0306. The molecule has 0 saturated carbocycles. The minimum Gasteiger partial charge on any atom is -0.496 e. The van der Waals surface area contributed by atoms with Crippen molar-refractivity contribution in [2.24, 2.45) is 5.14 Å². The van der Waals surface area contributed by atoms with Gasteiger partial charge in [0.15, 0.2) is 0 Å².